The number of halogens is 1. The van der Waals surface area contributed by atoms with Crippen molar-refractivity contribution < 1.29 is 37.5 Å². The zero-order valence-electron chi connectivity index (χ0n) is 21.7. The van der Waals surface area contributed by atoms with E-state index in [1.807, 2.05) is 4.72 Å². The van der Waals surface area contributed by atoms with Gasteiger partial charge < -0.3 is 25.6 Å². The molecule has 214 valence electrons. The van der Waals surface area contributed by atoms with Crippen molar-refractivity contribution in [2.24, 2.45) is 0 Å². The molecule has 1 aliphatic rings. The fourth-order valence-corrected chi connectivity index (χ4v) is 4.77. The number of alkyl halides is 1. The molecule has 0 aliphatic carbocycles. The van der Waals surface area contributed by atoms with E-state index in [9.17, 15) is 27.8 Å². The predicted molar refractivity (Wildman–Crippen MR) is 137 cm³/mol. The molecular formula is C23H33FN8O6S. The number of nitrogens with zero attached hydrogens (tertiary/aromatic N) is 4. The molecule has 4 atom stereocenters. The Hall–Kier alpha value is -3.44. The van der Waals surface area contributed by atoms with Gasteiger partial charge in [0.15, 0.2) is 23.9 Å². The van der Waals surface area contributed by atoms with Gasteiger partial charge in [0.2, 0.25) is 0 Å². The Morgan fingerprint density at radius 1 is 1.21 bits per heavy atom. The molecule has 0 saturated carbocycles. The fraction of sp³-hybridized carbons (Fsp3) is 0.478. The van der Waals surface area contributed by atoms with Crippen molar-refractivity contribution in [3.8, 4) is 5.75 Å². The summed E-state index contributed by atoms with van der Waals surface area (Å²) in [6.45, 7) is 9.92. The Morgan fingerprint density at radius 3 is 2.49 bits per heavy atom. The summed E-state index contributed by atoms with van der Waals surface area (Å²) in [5, 5.41) is 21.9. The standard InChI is InChI=1S/C17H18FN7O6S.C6H15N/c18-11-13(27)10(31-17(11)25-7-22-12-14(19)20-6-21-15(12)25)5-23-32(29,30)24-16(28)8-3-1-2-4-9(8)26;1-4-7(5-2)6-3/h1-4,6-7,10-11,13,17,23,26-27H,5H2,(H,24,28)(H2,19,20,21);4-6H2,1-3H3/t10-,11-,13-,17-;/m1./s1. The summed E-state index contributed by atoms with van der Waals surface area (Å²) in [5.41, 5.74) is 5.71. The van der Waals surface area contributed by atoms with Crippen LogP contribution in [0, 0.1) is 0 Å². The van der Waals surface area contributed by atoms with Gasteiger partial charge in [0.1, 0.15) is 24.1 Å². The van der Waals surface area contributed by atoms with Crippen molar-refractivity contribution in [3.05, 3.63) is 42.5 Å². The minimum absolute atomic E-state index is 0.0717. The van der Waals surface area contributed by atoms with Crippen LogP contribution in [0.1, 0.15) is 37.4 Å². The largest absolute Gasteiger partial charge is 0.872 e. The number of aliphatic hydroxyl groups excluding tert-OH is 1. The van der Waals surface area contributed by atoms with Crippen molar-refractivity contribution in [3.63, 3.8) is 0 Å². The smallest absolute Gasteiger partial charge is 0.301 e. The van der Waals surface area contributed by atoms with E-state index in [0.29, 0.717) is 0 Å². The zero-order valence-corrected chi connectivity index (χ0v) is 22.6. The Morgan fingerprint density at radius 2 is 1.87 bits per heavy atom. The van der Waals surface area contributed by atoms with Gasteiger partial charge in [0, 0.05) is 12.1 Å². The first-order valence-corrected chi connectivity index (χ1v) is 13.8. The Labute approximate surface area is 225 Å². The van der Waals surface area contributed by atoms with Gasteiger partial charge >= 0.3 is 10.2 Å². The number of para-hydroxylation sites is 1. The van der Waals surface area contributed by atoms with Crippen LogP contribution in [0.3, 0.4) is 0 Å². The monoisotopic (exact) mass is 568 g/mol. The summed E-state index contributed by atoms with van der Waals surface area (Å²) in [7, 11) is -4.44. The molecule has 14 nitrogen and oxygen atoms in total. The van der Waals surface area contributed by atoms with E-state index in [0.717, 1.165) is 12.4 Å². The predicted octanol–water partition coefficient (Wildman–Crippen LogP) is -1.73. The average Bonchev–Trinajstić information content (AvgIpc) is 3.46. The van der Waals surface area contributed by atoms with Gasteiger partial charge in [-0.05, 0) is 20.8 Å². The second-order valence-electron chi connectivity index (χ2n) is 8.67. The first kappa shape index (κ1) is 30.1. The van der Waals surface area contributed by atoms with Gasteiger partial charge in [0.25, 0.3) is 5.91 Å². The third kappa shape index (κ3) is 7.15. The Bertz CT molecular complexity index is 1360. The maximum absolute atomic E-state index is 14.7. The number of benzene rings is 1. The number of quaternary nitrogens is 1. The molecular weight excluding hydrogens is 535 g/mol. The number of carbonyl (C=O) groups excluding carboxylic acids is 1. The van der Waals surface area contributed by atoms with Gasteiger partial charge in [-0.15, -0.1) is 0 Å². The van der Waals surface area contributed by atoms with Gasteiger partial charge in [-0.1, -0.05) is 30.0 Å². The Kier molecular flexibility index (Phi) is 10.1. The quantitative estimate of drug-likeness (QED) is 0.197. The van der Waals surface area contributed by atoms with E-state index < -0.39 is 53.0 Å². The number of carbonyl (C=O) groups is 1. The third-order valence-corrected chi connectivity index (χ3v) is 7.29. The molecule has 1 aliphatic heterocycles. The number of hydrogen-bond acceptors (Lipinski definition) is 10. The van der Waals surface area contributed by atoms with E-state index in [4.69, 9.17) is 10.5 Å². The molecule has 0 unspecified atom stereocenters. The molecule has 2 aromatic heterocycles. The van der Waals surface area contributed by atoms with Crippen molar-refractivity contribution in [2.75, 3.05) is 31.9 Å². The van der Waals surface area contributed by atoms with Gasteiger partial charge in [0.05, 0.1) is 26.0 Å². The number of rotatable bonds is 9. The maximum atomic E-state index is 14.7. The van der Waals surface area contributed by atoms with Crippen LogP contribution < -0.4 is 25.2 Å². The summed E-state index contributed by atoms with van der Waals surface area (Å²) in [6.07, 6.45) is -3.93. The van der Waals surface area contributed by atoms with Crippen LogP contribution in [0.5, 0.6) is 5.75 Å². The molecule has 1 saturated heterocycles. The van der Waals surface area contributed by atoms with E-state index in [2.05, 4.69) is 35.7 Å². The molecule has 0 bridgehead atoms. The lowest BCUT2D eigenvalue weighted by atomic mass is 10.1. The van der Waals surface area contributed by atoms with Gasteiger partial charge in [-0.25, -0.2) is 24.1 Å². The lowest BCUT2D eigenvalue weighted by Gasteiger charge is -2.17. The number of anilines is 1. The summed E-state index contributed by atoms with van der Waals surface area (Å²) >= 11 is 0. The minimum atomic E-state index is -4.44. The van der Waals surface area contributed by atoms with Crippen molar-refractivity contribution in [2.45, 2.75) is 45.4 Å². The van der Waals surface area contributed by atoms with Crippen LogP contribution >= 0.6 is 0 Å². The average molecular weight is 569 g/mol. The lowest BCUT2D eigenvalue weighted by molar-refractivity contribution is -0.894. The van der Waals surface area contributed by atoms with Crippen molar-refractivity contribution in [1.29, 1.82) is 0 Å². The number of aliphatic hydroxyl groups is 1. The normalized spacial score (nSPS) is 21.1. The highest BCUT2D eigenvalue weighted by Crippen LogP contribution is 2.33. The van der Waals surface area contributed by atoms with Crippen molar-refractivity contribution in [1.82, 2.24) is 29.0 Å². The van der Waals surface area contributed by atoms with Crippen LogP contribution in [0.4, 0.5) is 10.2 Å². The second-order valence-corrected chi connectivity index (χ2v) is 10.2. The molecule has 4 rings (SSSR count). The molecule has 3 heterocycles. The number of fused-ring (bicyclic) bond motifs is 1. The van der Waals surface area contributed by atoms with Crippen LogP contribution in [0.2, 0.25) is 0 Å². The maximum Gasteiger partial charge on any atom is 0.301 e. The number of nitrogen functional groups attached to an aromatic ring is 1. The third-order valence-electron chi connectivity index (χ3n) is 6.29. The number of aromatic nitrogens is 4. The number of hydrogen-bond donors (Lipinski definition) is 5. The highest BCUT2D eigenvalue weighted by molar-refractivity contribution is 7.88. The second kappa shape index (κ2) is 13.1. The molecule has 1 aromatic carbocycles. The first-order chi connectivity index (χ1) is 18.5. The number of imidazole rings is 1. The van der Waals surface area contributed by atoms with E-state index >= 15 is 0 Å². The summed E-state index contributed by atoms with van der Waals surface area (Å²) in [4.78, 5) is 25.5. The Balaban J connectivity index is 0.000000532. The molecule has 0 radical (unpaired) electrons. The van der Waals surface area contributed by atoms with Crippen LogP contribution in [0.15, 0.2) is 36.9 Å². The molecule has 16 heteroatoms. The van der Waals surface area contributed by atoms with Gasteiger partial charge in [-0.2, -0.15) is 13.1 Å². The lowest BCUT2D eigenvalue weighted by Crippen LogP contribution is -3.11. The summed E-state index contributed by atoms with van der Waals surface area (Å²) in [5.74, 6) is -1.73. The van der Waals surface area contributed by atoms with E-state index in [-0.39, 0.29) is 22.5 Å². The fourth-order valence-electron chi connectivity index (χ4n) is 3.96. The molecule has 1 amide bonds. The molecule has 1 fully saturated rings. The topological polar surface area (TPSA) is 202 Å². The number of nitrogens with one attached hydrogen (secondary N) is 3. The number of nitrogens with two attached hydrogens (primary N) is 1. The number of amides is 1. The van der Waals surface area contributed by atoms with Crippen LogP contribution in [-0.4, -0.2) is 83.5 Å². The van der Waals surface area contributed by atoms with Gasteiger partial charge in [-0.3, -0.25) is 9.36 Å². The van der Waals surface area contributed by atoms with E-state index in [1.165, 1.54) is 48.7 Å². The molecule has 6 N–H and O–H groups in total. The van der Waals surface area contributed by atoms with E-state index in [1.54, 1.807) is 9.62 Å². The highest BCUT2D eigenvalue weighted by Gasteiger charge is 2.46. The highest BCUT2D eigenvalue weighted by atomic mass is 32.2. The zero-order chi connectivity index (χ0) is 28.7. The number of ether oxygens (including phenoxy) is 1. The summed E-state index contributed by atoms with van der Waals surface area (Å²) < 4.78 is 49.5. The first-order valence-electron chi connectivity index (χ1n) is 12.3. The van der Waals surface area contributed by atoms with Crippen LogP contribution in [0.25, 0.3) is 11.2 Å². The molecule has 39 heavy (non-hydrogen) atoms. The molecule has 3 aromatic rings. The minimum Gasteiger partial charge on any atom is -0.872 e. The molecule has 0 spiro atoms. The van der Waals surface area contributed by atoms with Crippen molar-refractivity contribution >= 4 is 33.1 Å². The summed E-state index contributed by atoms with van der Waals surface area (Å²) in [6, 6.07) is 5.08. The SMILES string of the molecule is CC[NH+](CC)CC.Nc1ncnc2c1ncn2[C@@H]1O[C@H](CNS(=O)(=O)NC(=O)c2ccccc2[O-])[C@@H](O)[C@H]1F. The van der Waals surface area contributed by atoms with Crippen LogP contribution in [-0.2, 0) is 14.9 Å².